The number of hydrogen-bond acceptors (Lipinski definition) is 4. The lowest BCUT2D eigenvalue weighted by Crippen LogP contribution is -2.55. The van der Waals surface area contributed by atoms with Crippen LogP contribution in [0.3, 0.4) is 0 Å². The van der Waals surface area contributed by atoms with Crippen LogP contribution in [0.5, 0.6) is 0 Å². The third-order valence-electron chi connectivity index (χ3n) is 10.7. The summed E-state index contributed by atoms with van der Waals surface area (Å²) in [5, 5.41) is 1.99. The van der Waals surface area contributed by atoms with Crippen molar-refractivity contribution in [1.29, 1.82) is 0 Å². The molecule has 2 heterocycles. The Morgan fingerprint density at radius 2 is 0.818 bits per heavy atom. The van der Waals surface area contributed by atoms with E-state index < -0.39 is 0 Å². The monoisotopic (exact) mass is 689 g/mol. The molecule has 0 saturated carbocycles. The van der Waals surface area contributed by atoms with Gasteiger partial charge >= 0.3 is 0 Å². The van der Waals surface area contributed by atoms with Crippen molar-refractivity contribution in [1.82, 2.24) is 15.0 Å². The second kappa shape index (κ2) is 12.9. The first-order valence-corrected chi connectivity index (χ1v) is 17.9. The fraction of sp³-hybridized carbons (Fsp3) is 0.0217. The van der Waals surface area contributed by atoms with E-state index in [2.05, 4.69) is 66.7 Å². The topological polar surface area (TPSA) is 51.8 Å². The van der Waals surface area contributed by atoms with Gasteiger partial charge in [-0.3, -0.25) is 0 Å². The van der Waals surface area contributed by atoms with Crippen molar-refractivity contribution in [3.8, 4) is 56.4 Å². The van der Waals surface area contributed by atoms with Gasteiger partial charge < -0.3 is 4.42 Å². The molecule has 10 rings (SSSR count). The molecule has 0 bridgehead atoms. The molecule has 0 fully saturated rings. The Hall–Kier alpha value is -6.33. The van der Waals surface area contributed by atoms with Gasteiger partial charge in [-0.15, -0.1) is 16.4 Å². The lowest BCUT2D eigenvalue weighted by Gasteiger charge is -2.21. The van der Waals surface area contributed by atoms with Crippen LogP contribution in [0.4, 0.5) is 0 Å². The number of benzene rings is 7. The summed E-state index contributed by atoms with van der Waals surface area (Å²) in [6, 6.07) is 47.3. The quantitative estimate of drug-likeness (QED) is 0.222. The van der Waals surface area contributed by atoms with Crippen LogP contribution in [0.15, 0.2) is 144 Å². The molecular formula is C46H24B5N3O. The van der Waals surface area contributed by atoms with Gasteiger partial charge in [0, 0.05) is 33.4 Å². The minimum atomic E-state index is 0.0205. The summed E-state index contributed by atoms with van der Waals surface area (Å²) in [7, 11) is 31.2. The van der Waals surface area contributed by atoms with Gasteiger partial charge in [-0.05, 0) is 51.1 Å². The summed E-state index contributed by atoms with van der Waals surface area (Å²) in [4.78, 5) is 15.2. The Morgan fingerprint density at radius 3 is 1.45 bits per heavy atom. The third-order valence-corrected chi connectivity index (χ3v) is 10.7. The lowest BCUT2D eigenvalue weighted by atomic mass is 9.59. The number of rotatable bonds is 5. The standard InChI is InChI=1S/C46H24B5N3O/c47-39-35(40(48)42(50)43(51)41(39)49)24-20-22-26(23-21-24)45-52-44(25-10-2-1-3-11-25)53-46(54-45)32-17-9-19-34-38(32)37-31(16-8-18-33(37)55-34)36-29-14-6-4-12-27(29)28-13-5-7-15-30(28)36/h1-23,36H. The van der Waals surface area contributed by atoms with E-state index in [-0.39, 0.29) is 33.2 Å². The molecule has 0 N–H and O–H groups in total. The highest BCUT2D eigenvalue weighted by atomic mass is 16.3. The molecule has 1 aliphatic carbocycles. The van der Waals surface area contributed by atoms with Crippen LogP contribution >= 0.6 is 0 Å². The SMILES string of the molecule is [B]c1c([B])c([B])c(-c2ccc(-c3nc(-c4ccccc4)nc(-c4cccc5oc6cccc(C7c8ccccc8-c8ccccc87)c6c45)n3)cc2)c([B])c1[B]. The number of aromatic nitrogens is 3. The van der Waals surface area contributed by atoms with Gasteiger partial charge in [0.2, 0.25) is 0 Å². The normalized spacial score (nSPS) is 12.3. The molecule has 0 spiro atoms. The minimum Gasteiger partial charge on any atom is -0.456 e. The molecule has 244 valence electrons. The average molecular weight is 689 g/mol. The smallest absolute Gasteiger partial charge is 0.164 e. The number of furan rings is 1. The van der Waals surface area contributed by atoms with Crippen LogP contribution in [0.2, 0.25) is 0 Å². The minimum absolute atomic E-state index is 0.0205. The van der Waals surface area contributed by atoms with Gasteiger partial charge in [0.05, 0.1) is 0 Å². The maximum atomic E-state index is 6.60. The Morgan fingerprint density at radius 1 is 0.364 bits per heavy atom. The lowest BCUT2D eigenvalue weighted by molar-refractivity contribution is 0.668. The highest BCUT2D eigenvalue weighted by Gasteiger charge is 2.32. The molecule has 0 saturated heterocycles. The van der Waals surface area contributed by atoms with Gasteiger partial charge in [-0.2, -0.15) is 0 Å². The Balaban J connectivity index is 1.17. The van der Waals surface area contributed by atoms with Gasteiger partial charge in [0.1, 0.15) is 50.4 Å². The van der Waals surface area contributed by atoms with Crippen molar-refractivity contribution >= 4 is 88.5 Å². The molecule has 4 nitrogen and oxygen atoms in total. The van der Waals surface area contributed by atoms with Crippen molar-refractivity contribution in [3.05, 3.63) is 156 Å². The van der Waals surface area contributed by atoms with Crippen LogP contribution < -0.4 is 27.3 Å². The van der Waals surface area contributed by atoms with Crippen molar-refractivity contribution in [2.45, 2.75) is 5.92 Å². The average Bonchev–Trinajstić information content (AvgIpc) is 3.79. The van der Waals surface area contributed by atoms with Crippen LogP contribution in [0.1, 0.15) is 22.6 Å². The van der Waals surface area contributed by atoms with Gasteiger partial charge in [0.15, 0.2) is 17.5 Å². The maximum Gasteiger partial charge on any atom is 0.164 e. The fourth-order valence-corrected chi connectivity index (χ4v) is 8.10. The fourth-order valence-electron chi connectivity index (χ4n) is 8.10. The molecule has 0 aliphatic heterocycles. The van der Waals surface area contributed by atoms with Gasteiger partial charge in [-0.25, -0.2) is 15.0 Å². The zero-order valence-corrected chi connectivity index (χ0v) is 29.5. The first-order chi connectivity index (χ1) is 26.9. The van der Waals surface area contributed by atoms with Crippen LogP contribution in [-0.4, -0.2) is 54.2 Å². The first kappa shape index (κ1) is 33.3. The van der Waals surface area contributed by atoms with Crippen LogP contribution in [0.25, 0.3) is 78.4 Å². The van der Waals surface area contributed by atoms with Gasteiger partial charge in [-0.1, -0.05) is 138 Å². The van der Waals surface area contributed by atoms with E-state index in [1.165, 1.54) is 22.3 Å². The predicted octanol–water partition coefficient (Wildman–Crippen LogP) is 5.57. The van der Waals surface area contributed by atoms with Gasteiger partial charge in [0.25, 0.3) is 0 Å². The number of nitrogens with zero attached hydrogens (tertiary/aromatic N) is 3. The molecule has 0 unspecified atom stereocenters. The van der Waals surface area contributed by atoms with E-state index in [0.717, 1.165) is 49.8 Å². The largest absolute Gasteiger partial charge is 0.456 e. The second-order valence-corrected chi connectivity index (χ2v) is 13.8. The van der Waals surface area contributed by atoms with Crippen molar-refractivity contribution in [2.24, 2.45) is 0 Å². The Bertz CT molecular complexity index is 2920. The van der Waals surface area contributed by atoms with Crippen molar-refractivity contribution in [2.75, 3.05) is 0 Å². The molecular weight excluding hydrogens is 665 g/mol. The third kappa shape index (κ3) is 5.25. The molecule has 2 aromatic heterocycles. The van der Waals surface area contributed by atoms with E-state index >= 15 is 0 Å². The molecule has 0 atom stereocenters. The summed E-state index contributed by atoms with van der Waals surface area (Å²) >= 11 is 0. The predicted molar refractivity (Wildman–Crippen MR) is 229 cm³/mol. The highest BCUT2D eigenvalue weighted by Crippen LogP contribution is 2.51. The molecule has 9 aromatic rings. The molecule has 1 aliphatic rings. The zero-order valence-electron chi connectivity index (χ0n) is 29.5. The van der Waals surface area contributed by atoms with E-state index in [4.69, 9.17) is 58.6 Å². The highest BCUT2D eigenvalue weighted by molar-refractivity contribution is 6.68. The van der Waals surface area contributed by atoms with Crippen molar-refractivity contribution < 1.29 is 4.42 Å². The van der Waals surface area contributed by atoms with E-state index in [1.54, 1.807) is 0 Å². The van der Waals surface area contributed by atoms with E-state index in [9.17, 15) is 0 Å². The molecule has 0 amide bonds. The first-order valence-electron chi connectivity index (χ1n) is 17.9. The molecule has 10 radical (unpaired) electrons. The second-order valence-electron chi connectivity index (χ2n) is 13.8. The van der Waals surface area contributed by atoms with E-state index in [0.29, 0.717) is 23.0 Å². The number of hydrogen-bond donors (Lipinski definition) is 0. The maximum absolute atomic E-state index is 6.60. The summed E-state index contributed by atoms with van der Waals surface area (Å²) in [6.07, 6.45) is 0. The molecule has 55 heavy (non-hydrogen) atoms. The van der Waals surface area contributed by atoms with Crippen LogP contribution in [-0.2, 0) is 0 Å². The Labute approximate surface area is 325 Å². The summed E-state index contributed by atoms with van der Waals surface area (Å²) in [5.41, 5.74) is 12.6. The zero-order chi connectivity index (χ0) is 37.4. The summed E-state index contributed by atoms with van der Waals surface area (Å²) in [6.45, 7) is 0. The van der Waals surface area contributed by atoms with Crippen LogP contribution in [0, 0.1) is 0 Å². The summed E-state index contributed by atoms with van der Waals surface area (Å²) in [5.74, 6) is 1.58. The summed E-state index contributed by atoms with van der Waals surface area (Å²) < 4.78 is 6.60. The number of fused-ring (bicyclic) bond motifs is 6. The van der Waals surface area contributed by atoms with Crippen molar-refractivity contribution in [3.63, 3.8) is 0 Å². The molecule has 7 aromatic carbocycles. The molecule has 9 heteroatoms. The Kier molecular flexibility index (Phi) is 7.81. The van der Waals surface area contributed by atoms with E-state index in [1.807, 2.05) is 72.8 Å².